The lowest BCUT2D eigenvalue weighted by atomic mass is 9.97. The molecule has 0 aliphatic rings. The average molecular weight is 244 g/mol. The van der Waals surface area contributed by atoms with Gasteiger partial charge < -0.3 is 5.11 Å². The monoisotopic (exact) mass is 244 g/mol. The van der Waals surface area contributed by atoms with Crippen molar-refractivity contribution in [3.05, 3.63) is 58.9 Å². The number of rotatable bonds is 2. The Kier molecular flexibility index (Phi) is 3.15. The average Bonchev–Trinajstić information content (AvgIpc) is 2.30. The predicted octanol–water partition coefficient (Wildman–Crippen LogP) is 3.81. The summed E-state index contributed by atoms with van der Waals surface area (Å²) in [5.41, 5.74) is 3.16. The summed E-state index contributed by atoms with van der Waals surface area (Å²) in [4.78, 5) is 10.9. The van der Waals surface area contributed by atoms with Gasteiger partial charge in [-0.05, 0) is 43.2 Å². The van der Waals surface area contributed by atoms with Gasteiger partial charge in [0, 0.05) is 5.56 Å². The van der Waals surface area contributed by atoms with E-state index in [1.165, 1.54) is 18.2 Å². The molecule has 3 heteroatoms. The van der Waals surface area contributed by atoms with Gasteiger partial charge in [0.05, 0.1) is 5.56 Å². The van der Waals surface area contributed by atoms with Crippen molar-refractivity contribution < 1.29 is 14.3 Å². The number of aromatic carboxylic acids is 1. The van der Waals surface area contributed by atoms with Gasteiger partial charge in [-0.3, -0.25) is 0 Å². The van der Waals surface area contributed by atoms with E-state index in [4.69, 9.17) is 5.11 Å². The fourth-order valence-electron chi connectivity index (χ4n) is 1.98. The normalized spacial score (nSPS) is 10.4. The molecule has 0 bridgehead atoms. The van der Waals surface area contributed by atoms with Crippen molar-refractivity contribution in [3.63, 3.8) is 0 Å². The second-order valence-electron chi connectivity index (χ2n) is 4.32. The van der Waals surface area contributed by atoms with Crippen molar-refractivity contribution in [1.29, 1.82) is 0 Å². The second-order valence-corrected chi connectivity index (χ2v) is 4.32. The van der Waals surface area contributed by atoms with Gasteiger partial charge in [0.15, 0.2) is 0 Å². The number of hydrogen-bond donors (Lipinski definition) is 1. The van der Waals surface area contributed by atoms with Crippen molar-refractivity contribution >= 4 is 5.97 Å². The number of halogens is 1. The quantitative estimate of drug-likeness (QED) is 0.872. The van der Waals surface area contributed by atoms with Crippen LogP contribution in [0, 0.1) is 19.7 Å². The van der Waals surface area contributed by atoms with E-state index in [2.05, 4.69) is 0 Å². The smallest absolute Gasteiger partial charge is 0.335 e. The number of benzene rings is 2. The maximum Gasteiger partial charge on any atom is 0.335 e. The van der Waals surface area contributed by atoms with Crippen LogP contribution in [-0.4, -0.2) is 11.1 Å². The first-order chi connectivity index (χ1) is 8.49. The van der Waals surface area contributed by atoms with E-state index in [1.807, 2.05) is 32.0 Å². The zero-order chi connectivity index (χ0) is 13.3. The number of aryl methyl sites for hydroxylation is 2. The third-order valence-electron chi connectivity index (χ3n) is 2.89. The number of carboxylic acids is 1. The summed E-state index contributed by atoms with van der Waals surface area (Å²) in [6, 6.07) is 9.48. The summed E-state index contributed by atoms with van der Waals surface area (Å²) in [6.45, 7) is 3.84. The molecule has 0 heterocycles. The lowest BCUT2D eigenvalue weighted by molar-refractivity contribution is 0.0697. The standard InChI is InChI=1S/C15H13FO2/c1-9-3-5-12(10(2)7-9)13-8-11(15(17)18)4-6-14(13)16/h3-8H,1-2H3,(H,17,18). The van der Waals surface area contributed by atoms with Crippen molar-refractivity contribution in [2.24, 2.45) is 0 Å². The molecule has 0 aliphatic carbocycles. The van der Waals surface area contributed by atoms with Crippen LogP contribution < -0.4 is 0 Å². The molecule has 2 rings (SSSR count). The molecule has 18 heavy (non-hydrogen) atoms. The minimum absolute atomic E-state index is 0.0892. The molecule has 0 amide bonds. The Morgan fingerprint density at radius 3 is 2.39 bits per heavy atom. The third kappa shape index (κ3) is 2.25. The van der Waals surface area contributed by atoms with Gasteiger partial charge in [0.1, 0.15) is 5.82 Å². The van der Waals surface area contributed by atoms with Crippen molar-refractivity contribution in [3.8, 4) is 11.1 Å². The number of carboxylic acid groups (broad SMARTS) is 1. The fraction of sp³-hybridized carbons (Fsp3) is 0.133. The van der Waals surface area contributed by atoms with Crippen LogP contribution in [0.4, 0.5) is 4.39 Å². The number of hydrogen-bond acceptors (Lipinski definition) is 1. The van der Waals surface area contributed by atoms with Crippen molar-refractivity contribution in [2.75, 3.05) is 0 Å². The highest BCUT2D eigenvalue weighted by atomic mass is 19.1. The zero-order valence-corrected chi connectivity index (χ0v) is 10.2. The summed E-state index contributed by atoms with van der Waals surface area (Å²) < 4.78 is 13.8. The van der Waals surface area contributed by atoms with Gasteiger partial charge >= 0.3 is 5.97 Å². The molecule has 2 nitrogen and oxygen atoms in total. The van der Waals surface area contributed by atoms with Crippen LogP contribution in [0.5, 0.6) is 0 Å². The molecule has 2 aromatic rings. The maximum absolute atomic E-state index is 13.8. The van der Waals surface area contributed by atoms with E-state index in [9.17, 15) is 9.18 Å². The second kappa shape index (κ2) is 4.61. The Balaban J connectivity index is 2.62. The molecule has 0 atom stereocenters. The molecular formula is C15H13FO2. The molecule has 1 N–H and O–H groups in total. The highest BCUT2D eigenvalue weighted by Crippen LogP contribution is 2.27. The van der Waals surface area contributed by atoms with E-state index in [0.717, 1.165) is 16.7 Å². The van der Waals surface area contributed by atoms with Crippen LogP contribution in [0.2, 0.25) is 0 Å². The Morgan fingerprint density at radius 2 is 1.78 bits per heavy atom. The fourth-order valence-corrected chi connectivity index (χ4v) is 1.98. The molecule has 0 radical (unpaired) electrons. The molecule has 0 unspecified atom stereocenters. The van der Waals surface area contributed by atoms with Crippen LogP contribution in [0.25, 0.3) is 11.1 Å². The molecule has 2 aromatic carbocycles. The van der Waals surface area contributed by atoms with Crippen LogP contribution in [0.15, 0.2) is 36.4 Å². The Bertz CT molecular complexity index is 618. The van der Waals surface area contributed by atoms with E-state index in [-0.39, 0.29) is 5.56 Å². The van der Waals surface area contributed by atoms with Gasteiger partial charge in [0.2, 0.25) is 0 Å². The Morgan fingerprint density at radius 1 is 1.06 bits per heavy atom. The summed E-state index contributed by atoms with van der Waals surface area (Å²) in [6.07, 6.45) is 0. The first kappa shape index (κ1) is 12.3. The van der Waals surface area contributed by atoms with Gasteiger partial charge in [-0.25, -0.2) is 9.18 Å². The minimum Gasteiger partial charge on any atom is -0.478 e. The van der Waals surface area contributed by atoms with Gasteiger partial charge in [0.25, 0.3) is 0 Å². The summed E-state index contributed by atoms with van der Waals surface area (Å²) in [7, 11) is 0. The SMILES string of the molecule is Cc1ccc(-c2cc(C(=O)O)ccc2F)c(C)c1. The molecule has 0 saturated carbocycles. The zero-order valence-electron chi connectivity index (χ0n) is 10.2. The lowest BCUT2D eigenvalue weighted by Crippen LogP contribution is -1.98. The first-order valence-corrected chi connectivity index (χ1v) is 5.59. The highest BCUT2D eigenvalue weighted by Gasteiger charge is 2.11. The molecule has 0 fully saturated rings. The van der Waals surface area contributed by atoms with E-state index < -0.39 is 11.8 Å². The van der Waals surface area contributed by atoms with E-state index >= 15 is 0 Å². The van der Waals surface area contributed by atoms with Crippen LogP contribution in [-0.2, 0) is 0 Å². The van der Waals surface area contributed by atoms with Crippen LogP contribution in [0.3, 0.4) is 0 Å². The first-order valence-electron chi connectivity index (χ1n) is 5.59. The molecule has 92 valence electrons. The molecule has 0 spiro atoms. The van der Waals surface area contributed by atoms with Crippen molar-refractivity contribution in [1.82, 2.24) is 0 Å². The Hall–Kier alpha value is -2.16. The summed E-state index contributed by atoms with van der Waals surface area (Å²) >= 11 is 0. The summed E-state index contributed by atoms with van der Waals surface area (Å²) in [5, 5.41) is 8.94. The maximum atomic E-state index is 13.8. The molecule has 0 aromatic heterocycles. The number of carbonyl (C=O) groups is 1. The lowest BCUT2D eigenvalue weighted by Gasteiger charge is -2.09. The summed E-state index contributed by atoms with van der Waals surface area (Å²) in [5.74, 6) is -1.46. The molecular weight excluding hydrogens is 231 g/mol. The van der Waals surface area contributed by atoms with Gasteiger partial charge in [-0.15, -0.1) is 0 Å². The largest absolute Gasteiger partial charge is 0.478 e. The minimum atomic E-state index is -1.05. The van der Waals surface area contributed by atoms with Crippen molar-refractivity contribution in [2.45, 2.75) is 13.8 Å². The van der Waals surface area contributed by atoms with Gasteiger partial charge in [-0.2, -0.15) is 0 Å². The third-order valence-corrected chi connectivity index (χ3v) is 2.89. The van der Waals surface area contributed by atoms with Gasteiger partial charge in [-0.1, -0.05) is 23.8 Å². The highest BCUT2D eigenvalue weighted by molar-refractivity contribution is 5.89. The molecule has 0 saturated heterocycles. The van der Waals surface area contributed by atoms with E-state index in [1.54, 1.807) is 0 Å². The topological polar surface area (TPSA) is 37.3 Å². The van der Waals surface area contributed by atoms with E-state index in [0.29, 0.717) is 5.56 Å². The molecule has 0 aliphatic heterocycles. The Labute approximate surface area is 105 Å². The van der Waals surface area contributed by atoms with Crippen LogP contribution >= 0.6 is 0 Å². The van der Waals surface area contributed by atoms with Crippen LogP contribution in [0.1, 0.15) is 21.5 Å². The predicted molar refractivity (Wildman–Crippen MR) is 68.3 cm³/mol.